The van der Waals surface area contributed by atoms with Gasteiger partial charge in [0, 0.05) is 11.6 Å². The maximum atomic E-state index is 13.9. The zero-order chi connectivity index (χ0) is 13.3. The van der Waals surface area contributed by atoms with Crippen molar-refractivity contribution in [1.82, 2.24) is 0 Å². The van der Waals surface area contributed by atoms with Gasteiger partial charge in [-0.1, -0.05) is 6.42 Å². The quantitative estimate of drug-likeness (QED) is 0.471. The van der Waals surface area contributed by atoms with Gasteiger partial charge in [0.1, 0.15) is 5.82 Å². The molecule has 0 saturated heterocycles. The van der Waals surface area contributed by atoms with E-state index in [-0.39, 0.29) is 11.3 Å². The molecule has 1 fully saturated rings. The van der Waals surface area contributed by atoms with Crippen molar-refractivity contribution in [3.05, 3.63) is 39.7 Å². The number of nitrogens with zero attached hydrogens (tertiary/aromatic N) is 1. The molecule has 0 aromatic heterocycles. The van der Waals surface area contributed by atoms with Gasteiger partial charge in [0.2, 0.25) is 0 Å². The van der Waals surface area contributed by atoms with Crippen molar-refractivity contribution >= 4 is 11.7 Å². The highest BCUT2D eigenvalue weighted by Crippen LogP contribution is 2.46. The Balaban J connectivity index is 2.44. The maximum Gasteiger partial charge on any atom is 0.316 e. The van der Waals surface area contributed by atoms with Crippen molar-refractivity contribution in [3.63, 3.8) is 0 Å². The number of rotatable bonds is 3. The molecule has 18 heavy (non-hydrogen) atoms. The van der Waals surface area contributed by atoms with Gasteiger partial charge in [-0.25, -0.2) is 4.39 Å². The first-order valence-electron chi connectivity index (χ1n) is 5.54. The van der Waals surface area contributed by atoms with Crippen LogP contribution in [-0.2, 0) is 14.9 Å². The number of hydrogen-bond acceptors (Lipinski definition) is 4. The monoisotopic (exact) mass is 253 g/mol. The Labute approximate surface area is 103 Å². The summed E-state index contributed by atoms with van der Waals surface area (Å²) in [5.41, 5.74) is -1.10. The number of non-ortho nitro benzene ring substituents is 1. The molecule has 0 spiro atoms. The summed E-state index contributed by atoms with van der Waals surface area (Å²) in [5, 5.41) is 10.5. The van der Waals surface area contributed by atoms with Crippen LogP contribution in [0.15, 0.2) is 18.2 Å². The summed E-state index contributed by atoms with van der Waals surface area (Å²) in [5.74, 6) is -1.21. The second kappa shape index (κ2) is 4.36. The van der Waals surface area contributed by atoms with Gasteiger partial charge >= 0.3 is 5.97 Å². The van der Waals surface area contributed by atoms with Crippen LogP contribution in [0.2, 0.25) is 0 Å². The number of nitro groups is 1. The van der Waals surface area contributed by atoms with E-state index >= 15 is 0 Å². The first-order valence-corrected chi connectivity index (χ1v) is 5.54. The minimum Gasteiger partial charge on any atom is -0.468 e. The average Bonchev–Trinajstić information content (AvgIpc) is 2.29. The van der Waals surface area contributed by atoms with Crippen molar-refractivity contribution in [1.29, 1.82) is 0 Å². The van der Waals surface area contributed by atoms with Crippen LogP contribution in [0.1, 0.15) is 24.8 Å². The summed E-state index contributed by atoms with van der Waals surface area (Å²) in [7, 11) is 1.26. The van der Waals surface area contributed by atoms with Crippen LogP contribution < -0.4 is 0 Å². The van der Waals surface area contributed by atoms with Gasteiger partial charge in [0.15, 0.2) is 0 Å². The minimum absolute atomic E-state index is 0.186. The van der Waals surface area contributed by atoms with Crippen LogP contribution in [0.3, 0.4) is 0 Å². The molecule has 0 atom stereocenters. The van der Waals surface area contributed by atoms with Crippen LogP contribution in [0, 0.1) is 15.9 Å². The SMILES string of the molecule is COC(=O)C1(c2ccc([N+](=O)[O-])cc2F)CCC1. The lowest BCUT2D eigenvalue weighted by Crippen LogP contribution is -2.43. The average molecular weight is 253 g/mol. The molecule has 2 rings (SSSR count). The molecule has 1 aromatic rings. The van der Waals surface area contributed by atoms with Crippen molar-refractivity contribution in [3.8, 4) is 0 Å². The first kappa shape index (κ1) is 12.5. The smallest absolute Gasteiger partial charge is 0.316 e. The number of carbonyl (C=O) groups excluding carboxylic acids is 1. The Morgan fingerprint density at radius 2 is 2.17 bits per heavy atom. The van der Waals surface area contributed by atoms with Crippen molar-refractivity contribution in [2.75, 3.05) is 7.11 Å². The predicted octanol–water partition coefficient (Wildman–Crippen LogP) is 2.33. The maximum absolute atomic E-state index is 13.9. The molecule has 0 heterocycles. The van der Waals surface area contributed by atoms with Crippen molar-refractivity contribution in [2.45, 2.75) is 24.7 Å². The van der Waals surface area contributed by atoms with Gasteiger partial charge in [-0.3, -0.25) is 14.9 Å². The number of carbonyl (C=O) groups is 1. The minimum atomic E-state index is -0.964. The van der Waals surface area contributed by atoms with Crippen LogP contribution in [0.4, 0.5) is 10.1 Å². The molecule has 96 valence electrons. The Morgan fingerprint density at radius 1 is 1.50 bits per heavy atom. The molecule has 5 nitrogen and oxygen atoms in total. The van der Waals surface area contributed by atoms with E-state index in [9.17, 15) is 19.3 Å². The molecular formula is C12H12FNO4. The number of esters is 1. The molecule has 0 aliphatic heterocycles. The topological polar surface area (TPSA) is 69.4 Å². The van der Waals surface area contributed by atoms with Gasteiger partial charge in [-0.05, 0) is 18.9 Å². The standard InChI is InChI=1S/C12H12FNO4/c1-18-11(15)12(5-2-6-12)9-4-3-8(14(16)17)7-10(9)13/h3-4,7H,2,5-6H2,1H3. The Morgan fingerprint density at radius 3 is 2.56 bits per heavy atom. The van der Waals surface area contributed by atoms with Crippen LogP contribution in [0.5, 0.6) is 0 Å². The Hall–Kier alpha value is -1.98. The zero-order valence-electron chi connectivity index (χ0n) is 9.81. The summed E-state index contributed by atoms with van der Waals surface area (Å²) in [6.45, 7) is 0. The van der Waals surface area contributed by atoms with Crippen molar-refractivity contribution < 1.29 is 18.8 Å². The van der Waals surface area contributed by atoms with E-state index in [0.29, 0.717) is 12.8 Å². The molecule has 0 amide bonds. The highest BCUT2D eigenvalue weighted by Gasteiger charge is 2.48. The van der Waals surface area contributed by atoms with Crippen LogP contribution in [-0.4, -0.2) is 18.0 Å². The number of benzene rings is 1. The summed E-state index contributed by atoms with van der Waals surface area (Å²) >= 11 is 0. The number of nitro benzene ring substituents is 1. The van der Waals surface area contributed by atoms with E-state index in [1.54, 1.807) is 0 Å². The van der Waals surface area contributed by atoms with Gasteiger partial charge in [-0.2, -0.15) is 0 Å². The third-order valence-corrected chi connectivity index (χ3v) is 3.46. The molecule has 0 radical (unpaired) electrons. The summed E-state index contributed by atoms with van der Waals surface area (Å²) in [6, 6.07) is 3.36. The lowest BCUT2D eigenvalue weighted by Gasteiger charge is -2.39. The summed E-state index contributed by atoms with van der Waals surface area (Å²) < 4.78 is 18.6. The van der Waals surface area contributed by atoms with E-state index in [2.05, 4.69) is 0 Å². The third kappa shape index (κ3) is 1.73. The second-order valence-corrected chi connectivity index (χ2v) is 4.35. The zero-order valence-corrected chi connectivity index (χ0v) is 9.81. The fraction of sp³-hybridized carbons (Fsp3) is 0.417. The predicted molar refractivity (Wildman–Crippen MR) is 60.6 cm³/mol. The van der Waals surface area contributed by atoms with E-state index < -0.39 is 22.1 Å². The number of ether oxygens (including phenoxy) is 1. The summed E-state index contributed by atoms with van der Waals surface area (Å²) in [4.78, 5) is 21.6. The molecule has 0 bridgehead atoms. The second-order valence-electron chi connectivity index (χ2n) is 4.35. The number of hydrogen-bond donors (Lipinski definition) is 0. The van der Waals surface area contributed by atoms with E-state index in [4.69, 9.17) is 4.74 Å². The third-order valence-electron chi connectivity index (χ3n) is 3.46. The molecule has 0 unspecified atom stereocenters. The fourth-order valence-electron chi connectivity index (χ4n) is 2.31. The van der Waals surface area contributed by atoms with E-state index in [1.165, 1.54) is 19.2 Å². The van der Waals surface area contributed by atoms with Gasteiger partial charge < -0.3 is 4.74 Å². The van der Waals surface area contributed by atoms with E-state index in [0.717, 1.165) is 12.5 Å². The summed E-state index contributed by atoms with van der Waals surface area (Å²) in [6.07, 6.45) is 1.83. The fourth-order valence-corrected chi connectivity index (χ4v) is 2.31. The number of halogens is 1. The lowest BCUT2D eigenvalue weighted by atomic mass is 9.64. The molecule has 1 saturated carbocycles. The highest BCUT2D eigenvalue weighted by atomic mass is 19.1. The van der Waals surface area contributed by atoms with E-state index in [1.807, 2.05) is 0 Å². The largest absolute Gasteiger partial charge is 0.468 e. The Bertz CT molecular complexity index is 511. The molecule has 6 heteroatoms. The molecule has 1 aliphatic carbocycles. The molecule has 0 N–H and O–H groups in total. The van der Waals surface area contributed by atoms with Gasteiger partial charge in [0.25, 0.3) is 5.69 Å². The molecule has 1 aliphatic rings. The van der Waals surface area contributed by atoms with Crippen LogP contribution in [0.25, 0.3) is 0 Å². The van der Waals surface area contributed by atoms with Crippen molar-refractivity contribution in [2.24, 2.45) is 0 Å². The first-order chi connectivity index (χ1) is 8.51. The Kier molecular flexibility index (Phi) is 3.02. The normalized spacial score (nSPS) is 16.8. The number of methoxy groups -OCH3 is 1. The van der Waals surface area contributed by atoms with Gasteiger partial charge in [0.05, 0.1) is 23.5 Å². The lowest BCUT2D eigenvalue weighted by molar-refractivity contribution is -0.385. The van der Waals surface area contributed by atoms with Crippen LogP contribution >= 0.6 is 0 Å². The molecular weight excluding hydrogens is 241 g/mol. The highest BCUT2D eigenvalue weighted by molar-refractivity contribution is 5.84. The van der Waals surface area contributed by atoms with Gasteiger partial charge in [-0.15, -0.1) is 0 Å². The molecule has 1 aromatic carbocycles.